The molecule has 2 saturated heterocycles. The molecule has 0 radical (unpaired) electrons. The SMILES string of the molecule is O=C1[C@H]2[C@H](CC(CO)=C3B(O)O[C@H](c4cc(Br)ccc4O)C[C@H]32)C(=O)N1c1cccc([N+](=O)[O-])c1. The summed E-state index contributed by atoms with van der Waals surface area (Å²) in [5, 5.41) is 42.5. The second-order valence-electron chi connectivity index (χ2n) is 8.86. The highest BCUT2D eigenvalue weighted by molar-refractivity contribution is 9.10. The van der Waals surface area contributed by atoms with Crippen molar-refractivity contribution in [2.24, 2.45) is 17.8 Å². The molecule has 2 fully saturated rings. The Bertz CT molecular complexity index is 1280. The molecule has 0 aromatic heterocycles. The Hall–Kier alpha value is -3.06. The Kier molecular flexibility index (Phi) is 6.00. The predicted octanol–water partition coefficient (Wildman–Crippen LogP) is 2.66. The maximum absolute atomic E-state index is 13.6. The number of hydrogen-bond donors (Lipinski definition) is 3. The van der Waals surface area contributed by atoms with Crippen molar-refractivity contribution in [2.45, 2.75) is 18.9 Å². The number of anilines is 1. The summed E-state index contributed by atoms with van der Waals surface area (Å²) in [6.07, 6.45) is -0.524. The van der Waals surface area contributed by atoms with Crippen molar-refractivity contribution in [2.75, 3.05) is 11.5 Å². The number of carbonyl (C=O) groups excluding carboxylic acids is 2. The number of aliphatic hydroxyl groups is 1. The van der Waals surface area contributed by atoms with Crippen LogP contribution in [0, 0.1) is 27.9 Å². The second-order valence-corrected chi connectivity index (χ2v) is 9.78. The van der Waals surface area contributed by atoms with Crippen LogP contribution < -0.4 is 4.90 Å². The Morgan fingerprint density at radius 2 is 1.94 bits per heavy atom. The Balaban J connectivity index is 1.55. The first-order chi connectivity index (χ1) is 16.7. The number of aliphatic hydroxyl groups excluding tert-OH is 1. The minimum atomic E-state index is -1.44. The van der Waals surface area contributed by atoms with Crippen LogP contribution in [0.5, 0.6) is 5.75 Å². The van der Waals surface area contributed by atoms with Crippen LogP contribution in [0.25, 0.3) is 0 Å². The van der Waals surface area contributed by atoms with Gasteiger partial charge in [0.25, 0.3) is 5.69 Å². The Morgan fingerprint density at radius 1 is 1.17 bits per heavy atom. The highest BCUT2D eigenvalue weighted by Gasteiger charge is 2.58. The molecule has 2 aromatic rings. The summed E-state index contributed by atoms with van der Waals surface area (Å²) in [5.41, 5.74) is 1.07. The van der Waals surface area contributed by atoms with Crippen molar-refractivity contribution in [3.63, 3.8) is 0 Å². The van der Waals surface area contributed by atoms with E-state index in [1.54, 1.807) is 12.1 Å². The largest absolute Gasteiger partial charge is 0.508 e. The molecular formula is C23H20BBrN2O8. The standard InChI is InChI=1S/C23H20BBrN2O8/c25-12-4-5-18(29)15(7-12)19-9-16-20-17(6-11(10-28)21(16)24(32)35-19)22(30)26(23(20)31)13-2-1-3-14(8-13)27(33)34/h1-5,7-8,16-17,19-20,28-29,32H,6,9-10H2/t16-,17-,19-,20+/m0/s1. The number of nitro benzene ring substituents is 1. The topological polar surface area (TPSA) is 150 Å². The lowest BCUT2D eigenvalue weighted by Crippen LogP contribution is -2.45. The number of halogens is 1. The van der Waals surface area contributed by atoms with Gasteiger partial charge < -0.3 is 19.9 Å². The molecule has 0 spiro atoms. The third-order valence-corrected chi connectivity index (χ3v) is 7.53. The number of nitrogens with zero attached hydrogens (tertiary/aromatic N) is 2. The number of aromatic hydroxyl groups is 1. The van der Waals surface area contributed by atoms with Gasteiger partial charge in [-0.05, 0) is 54.1 Å². The number of phenolic OH excluding ortho intramolecular Hbond substituents is 1. The average molecular weight is 543 g/mol. The molecule has 2 aromatic carbocycles. The van der Waals surface area contributed by atoms with Gasteiger partial charge in [-0.15, -0.1) is 0 Å². The lowest BCUT2D eigenvalue weighted by atomic mass is 9.55. The molecule has 10 nitrogen and oxygen atoms in total. The summed E-state index contributed by atoms with van der Waals surface area (Å²) >= 11 is 3.35. The van der Waals surface area contributed by atoms with Gasteiger partial charge in [-0.1, -0.05) is 22.0 Å². The van der Waals surface area contributed by atoms with Crippen molar-refractivity contribution in [1.82, 2.24) is 0 Å². The second kappa shape index (κ2) is 8.87. The van der Waals surface area contributed by atoms with E-state index < -0.39 is 54.3 Å². The zero-order valence-electron chi connectivity index (χ0n) is 18.2. The number of non-ortho nitro benzene ring substituents is 1. The fraction of sp³-hybridized carbons (Fsp3) is 0.304. The first-order valence-electron chi connectivity index (χ1n) is 11.0. The van der Waals surface area contributed by atoms with Crippen molar-refractivity contribution < 1.29 is 34.4 Å². The third-order valence-electron chi connectivity index (χ3n) is 7.04. The maximum Gasteiger partial charge on any atom is 0.487 e. The fourth-order valence-corrected chi connectivity index (χ4v) is 5.92. The molecule has 2 heterocycles. The van der Waals surface area contributed by atoms with E-state index in [0.29, 0.717) is 21.1 Å². The lowest BCUT2D eigenvalue weighted by Gasteiger charge is -2.42. The zero-order valence-corrected chi connectivity index (χ0v) is 19.8. The molecule has 180 valence electrons. The van der Waals surface area contributed by atoms with Crippen LogP contribution >= 0.6 is 15.9 Å². The molecular weight excluding hydrogens is 523 g/mol. The van der Waals surface area contributed by atoms with E-state index >= 15 is 0 Å². The van der Waals surface area contributed by atoms with Crippen molar-refractivity contribution >= 4 is 46.2 Å². The normalized spacial score (nSPS) is 26.1. The number of hydrogen-bond acceptors (Lipinski definition) is 8. The molecule has 35 heavy (non-hydrogen) atoms. The number of nitro groups is 1. The van der Waals surface area contributed by atoms with Crippen LogP contribution in [0.1, 0.15) is 24.5 Å². The van der Waals surface area contributed by atoms with Crippen molar-refractivity contribution in [3.8, 4) is 5.75 Å². The summed E-state index contributed by atoms with van der Waals surface area (Å²) in [6.45, 7) is -0.416. The number of fused-ring (bicyclic) bond motifs is 3. The van der Waals surface area contributed by atoms with Crippen molar-refractivity contribution in [1.29, 1.82) is 0 Å². The molecule has 2 aliphatic heterocycles. The third kappa shape index (κ3) is 3.86. The van der Waals surface area contributed by atoms with Gasteiger partial charge in [0.15, 0.2) is 0 Å². The molecule has 3 aliphatic rings. The Labute approximate surface area is 208 Å². The first kappa shape index (κ1) is 23.7. The molecule has 12 heteroatoms. The van der Waals surface area contributed by atoms with Crippen LogP contribution in [0.4, 0.5) is 11.4 Å². The molecule has 2 amide bonds. The lowest BCUT2D eigenvalue weighted by molar-refractivity contribution is -0.384. The molecule has 0 bridgehead atoms. The van der Waals surface area contributed by atoms with Gasteiger partial charge in [-0.25, -0.2) is 4.90 Å². The quantitative estimate of drug-likeness (QED) is 0.231. The fourth-order valence-electron chi connectivity index (χ4n) is 5.54. The van der Waals surface area contributed by atoms with E-state index in [1.807, 2.05) is 0 Å². The number of phenols is 1. The number of allylic oxidation sites excluding steroid dienone is 1. The van der Waals surface area contributed by atoms with Gasteiger partial charge in [0.1, 0.15) is 5.75 Å². The summed E-state index contributed by atoms with van der Waals surface area (Å²) in [7, 11) is -1.44. The minimum Gasteiger partial charge on any atom is -0.508 e. The molecule has 4 atom stereocenters. The number of carbonyl (C=O) groups is 2. The highest BCUT2D eigenvalue weighted by atomic mass is 79.9. The average Bonchev–Trinajstić information content (AvgIpc) is 3.09. The van der Waals surface area contributed by atoms with Gasteiger partial charge >= 0.3 is 7.12 Å². The van der Waals surface area contributed by atoms with E-state index in [9.17, 15) is 34.9 Å². The molecule has 0 saturated carbocycles. The molecule has 5 rings (SSSR count). The van der Waals surface area contributed by atoms with E-state index in [-0.39, 0.29) is 30.0 Å². The van der Waals surface area contributed by atoms with Crippen LogP contribution in [0.2, 0.25) is 0 Å². The smallest absolute Gasteiger partial charge is 0.487 e. The van der Waals surface area contributed by atoms with Crippen molar-refractivity contribution in [3.05, 3.63) is 73.7 Å². The van der Waals surface area contributed by atoms with Gasteiger partial charge in [-0.2, -0.15) is 0 Å². The summed E-state index contributed by atoms with van der Waals surface area (Å²) in [5.74, 6) is -3.34. The first-order valence-corrected chi connectivity index (χ1v) is 11.8. The van der Waals surface area contributed by atoms with Gasteiger partial charge in [0.05, 0.1) is 35.2 Å². The zero-order chi connectivity index (χ0) is 25.0. The number of benzene rings is 2. The number of rotatable bonds is 4. The van der Waals surface area contributed by atoms with Gasteiger partial charge in [-0.3, -0.25) is 19.7 Å². The minimum absolute atomic E-state index is 0.0420. The summed E-state index contributed by atoms with van der Waals surface area (Å²) in [6, 6.07) is 10.1. The molecule has 3 N–H and O–H groups in total. The monoisotopic (exact) mass is 542 g/mol. The number of amides is 2. The van der Waals surface area contributed by atoms with E-state index in [0.717, 1.165) is 4.90 Å². The summed E-state index contributed by atoms with van der Waals surface area (Å²) in [4.78, 5) is 38.6. The molecule has 1 aliphatic carbocycles. The predicted molar refractivity (Wildman–Crippen MR) is 127 cm³/mol. The van der Waals surface area contributed by atoms with Gasteiger partial charge in [0, 0.05) is 22.2 Å². The van der Waals surface area contributed by atoms with Crippen LogP contribution in [-0.2, 0) is 14.2 Å². The van der Waals surface area contributed by atoms with Crippen LogP contribution in [-0.4, -0.2) is 45.7 Å². The molecule has 0 unspecified atom stereocenters. The summed E-state index contributed by atoms with van der Waals surface area (Å²) < 4.78 is 6.48. The van der Waals surface area contributed by atoms with E-state index in [1.165, 1.54) is 30.3 Å². The van der Waals surface area contributed by atoms with Crippen LogP contribution in [0.15, 0.2) is 58.0 Å². The Morgan fingerprint density at radius 3 is 2.66 bits per heavy atom. The van der Waals surface area contributed by atoms with Gasteiger partial charge in [0.2, 0.25) is 11.8 Å². The van der Waals surface area contributed by atoms with Crippen LogP contribution in [0.3, 0.4) is 0 Å². The van der Waals surface area contributed by atoms with E-state index in [4.69, 9.17) is 4.65 Å². The number of imide groups is 1. The van der Waals surface area contributed by atoms with E-state index in [2.05, 4.69) is 15.9 Å². The maximum atomic E-state index is 13.6. The highest BCUT2D eigenvalue weighted by Crippen LogP contribution is 2.52.